The van der Waals surface area contributed by atoms with Crippen LogP contribution < -0.4 is 5.32 Å². The molecule has 3 heterocycles. The average Bonchev–Trinajstić information content (AvgIpc) is 3.16. The number of carbonyl (C=O) groups excluding carboxylic acids is 2. The average molecular weight is 328 g/mol. The van der Waals surface area contributed by atoms with Crippen LogP contribution in [0.25, 0.3) is 0 Å². The van der Waals surface area contributed by atoms with Crippen molar-refractivity contribution < 1.29 is 14.3 Å². The van der Waals surface area contributed by atoms with E-state index in [9.17, 15) is 9.59 Å². The van der Waals surface area contributed by atoms with Crippen molar-refractivity contribution in [3.8, 4) is 0 Å². The van der Waals surface area contributed by atoms with E-state index in [4.69, 9.17) is 4.74 Å². The molecule has 2 aliphatic rings. The Morgan fingerprint density at radius 3 is 2.70 bits per heavy atom. The molecular weight excluding hydrogens is 312 g/mol. The minimum absolute atomic E-state index is 0.0973. The summed E-state index contributed by atoms with van der Waals surface area (Å²) >= 11 is 1.50. The first-order chi connectivity index (χ1) is 11.2. The lowest BCUT2D eigenvalue weighted by Gasteiger charge is -2.38. The van der Waals surface area contributed by atoms with E-state index >= 15 is 0 Å². The number of likely N-dealkylation sites (tertiary alicyclic amines) is 1. The van der Waals surface area contributed by atoms with Crippen molar-refractivity contribution in [2.75, 3.05) is 18.4 Å². The highest BCUT2D eigenvalue weighted by Crippen LogP contribution is 2.43. The largest absolute Gasteiger partial charge is 0.450 e. The third kappa shape index (κ3) is 2.39. The summed E-state index contributed by atoms with van der Waals surface area (Å²) < 4.78 is 5.70. The van der Waals surface area contributed by atoms with Gasteiger partial charge in [0.15, 0.2) is 0 Å². The molecule has 1 saturated heterocycles. The molecule has 0 radical (unpaired) electrons. The first kappa shape index (κ1) is 14.3. The molecule has 23 heavy (non-hydrogen) atoms. The number of amides is 2. The van der Waals surface area contributed by atoms with Crippen LogP contribution in [0.5, 0.6) is 0 Å². The second-order valence-corrected chi connectivity index (χ2v) is 6.77. The molecular formula is C17H16N2O3S. The zero-order valence-corrected chi connectivity index (χ0v) is 13.3. The molecule has 2 aliphatic heterocycles. The number of urea groups is 1. The van der Waals surface area contributed by atoms with Crippen molar-refractivity contribution in [1.29, 1.82) is 0 Å². The maximum atomic E-state index is 12.3. The van der Waals surface area contributed by atoms with Crippen molar-refractivity contribution in [2.24, 2.45) is 0 Å². The molecule has 1 aromatic carbocycles. The van der Waals surface area contributed by atoms with Crippen LogP contribution in [0.1, 0.15) is 28.8 Å². The van der Waals surface area contributed by atoms with Crippen molar-refractivity contribution in [3.63, 3.8) is 0 Å². The smallest absolute Gasteiger partial charge is 0.339 e. The van der Waals surface area contributed by atoms with Crippen molar-refractivity contribution in [2.45, 2.75) is 18.4 Å². The molecule has 0 bridgehead atoms. The van der Waals surface area contributed by atoms with E-state index in [1.807, 2.05) is 41.8 Å². The number of thiophene rings is 1. The van der Waals surface area contributed by atoms with Gasteiger partial charge in [0.1, 0.15) is 5.60 Å². The summed E-state index contributed by atoms with van der Waals surface area (Å²) in [6, 6.07) is 11.2. The van der Waals surface area contributed by atoms with Gasteiger partial charge in [-0.25, -0.2) is 9.59 Å². The Bertz CT molecular complexity index is 749. The molecule has 118 valence electrons. The number of benzene rings is 1. The summed E-state index contributed by atoms with van der Waals surface area (Å²) in [4.78, 5) is 26.1. The molecule has 4 rings (SSSR count). The molecule has 0 unspecified atom stereocenters. The Morgan fingerprint density at radius 1 is 1.17 bits per heavy atom. The molecule has 1 aromatic heterocycles. The number of hydrogen-bond acceptors (Lipinski definition) is 4. The Labute approximate surface area is 137 Å². The van der Waals surface area contributed by atoms with Crippen LogP contribution in [0.2, 0.25) is 0 Å². The first-order valence-electron chi connectivity index (χ1n) is 7.60. The van der Waals surface area contributed by atoms with E-state index in [0.717, 1.165) is 10.6 Å². The fourth-order valence-electron chi connectivity index (χ4n) is 3.32. The van der Waals surface area contributed by atoms with E-state index < -0.39 is 5.60 Å². The van der Waals surface area contributed by atoms with E-state index in [1.54, 1.807) is 4.90 Å². The monoisotopic (exact) mass is 328 g/mol. The van der Waals surface area contributed by atoms with E-state index in [2.05, 4.69) is 5.32 Å². The summed E-state index contributed by atoms with van der Waals surface area (Å²) in [7, 11) is 0. The van der Waals surface area contributed by atoms with Gasteiger partial charge in [-0.1, -0.05) is 18.2 Å². The Hall–Kier alpha value is -2.34. The predicted molar refractivity (Wildman–Crippen MR) is 87.7 cm³/mol. The molecule has 2 aromatic rings. The highest BCUT2D eigenvalue weighted by molar-refractivity contribution is 7.14. The van der Waals surface area contributed by atoms with Crippen LogP contribution in [-0.2, 0) is 10.3 Å². The number of piperidine rings is 1. The number of fused-ring (bicyclic) bond motifs is 2. The van der Waals surface area contributed by atoms with Gasteiger partial charge in [-0.3, -0.25) is 5.32 Å². The molecule has 2 amide bonds. The molecule has 5 nitrogen and oxygen atoms in total. The Morgan fingerprint density at radius 2 is 1.96 bits per heavy atom. The zero-order valence-electron chi connectivity index (χ0n) is 12.5. The number of anilines is 1. The lowest BCUT2D eigenvalue weighted by atomic mass is 9.84. The number of esters is 1. The lowest BCUT2D eigenvalue weighted by Crippen LogP contribution is -2.46. The SMILES string of the molecule is O=C1OC2(CCN(C(=O)Nc3cccs3)CC2)c2ccccc21. The third-order valence-electron chi connectivity index (χ3n) is 4.54. The number of nitrogens with one attached hydrogen (secondary N) is 1. The van der Waals surface area contributed by atoms with Gasteiger partial charge in [-0.05, 0) is 23.6 Å². The highest BCUT2D eigenvalue weighted by atomic mass is 32.1. The summed E-state index contributed by atoms with van der Waals surface area (Å²) in [5.74, 6) is -0.253. The van der Waals surface area contributed by atoms with Crippen molar-refractivity contribution in [1.82, 2.24) is 4.90 Å². The van der Waals surface area contributed by atoms with Gasteiger partial charge in [0.25, 0.3) is 0 Å². The van der Waals surface area contributed by atoms with Crippen LogP contribution in [0.4, 0.5) is 9.80 Å². The highest BCUT2D eigenvalue weighted by Gasteiger charge is 2.47. The van der Waals surface area contributed by atoms with E-state index in [1.165, 1.54) is 11.3 Å². The Kier molecular flexibility index (Phi) is 3.34. The minimum Gasteiger partial charge on any atom is -0.450 e. The van der Waals surface area contributed by atoms with Crippen LogP contribution in [-0.4, -0.2) is 30.0 Å². The lowest BCUT2D eigenvalue weighted by molar-refractivity contribution is -0.0363. The van der Waals surface area contributed by atoms with Crippen LogP contribution in [0.15, 0.2) is 41.8 Å². The van der Waals surface area contributed by atoms with Crippen molar-refractivity contribution in [3.05, 3.63) is 52.9 Å². The predicted octanol–water partition coefficient (Wildman–Crippen LogP) is 3.44. The van der Waals surface area contributed by atoms with Crippen molar-refractivity contribution >= 4 is 28.3 Å². The first-order valence-corrected chi connectivity index (χ1v) is 8.48. The summed E-state index contributed by atoms with van der Waals surface area (Å²) in [5, 5.41) is 5.66. The van der Waals surface area contributed by atoms with Gasteiger partial charge in [-0.2, -0.15) is 0 Å². The third-order valence-corrected chi connectivity index (χ3v) is 5.32. The quantitative estimate of drug-likeness (QED) is 0.816. The topological polar surface area (TPSA) is 58.6 Å². The summed E-state index contributed by atoms with van der Waals surface area (Å²) in [6.07, 6.45) is 1.27. The minimum atomic E-state index is -0.562. The van der Waals surface area contributed by atoms with E-state index in [0.29, 0.717) is 31.5 Å². The van der Waals surface area contributed by atoms with Crippen LogP contribution in [0, 0.1) is 0 Å². The van der Waals surface area contributed by atoms with Gasteiger partial charge in [-0.15, -0.1) is 11.3 Å². The molecule has 6 heteroatoms. The molecule has 0 atom stereocenters. The maximum Gasteiger partial charge on any atom is 0.339 e. The summed E-state index contributed by atoms with van der Waals surface area (Å²) in [5.41, 5.74) is 1.06. The van der Waals surface area contributed by atoms with Gasteiger partial charge in [0.2, 0.25) is 0 Å². The molecule has 1 N–H and O–H groups in total. The van der Waals surface area contributed by atoms with E-state index in [-0.39, 0.29) is 12.0 Å². The number of nitrogens with zero attached hydrogens (tertiary/aromatic N) is 1. The number of ether oxygens (including phenoxy) is 1. The molecule has 1 fully saturated rings. The maximum absolute atomic E-state index is 12.3. The second kappa shape index (κ2) is 5.38. The number of hydrogen-bond donors (Lipinski definition) is 1. The summed E-state index contributed by atoms with van der Waals surface area (Å²) in [6.45, 7) is 1.14. The number of carbonyl (C=O) groups is 2. The fraction of sp³-hybridized carbons (Fsp3) is 0.294. The second-order valence-electron chi connectivity index (χ2n) is 5.82. The van der Waals surface area contributed by atoms with Gasteiger partial charge in [0.05, 0.1) is 10.6 Å². The molecule has 1 spiro atoms. The zero-order chi connectivity index (χ0) is 15.9. The van der Waals surface area contributed by atoms with Crippen LogP contribution >= 0.6 is 11.3 Å². The van der Waals surface area contributed by atoms with Gasteiger partial charge in [0, 0.05) is 31.5 Å². The standard InChI is InChI=1S/C17H16N2O3S/c20-15-12-4-1-2-5-13(12)17(22-15)7-9-19(10-8-17)16(21)18-14-6-3-11-23-14/h1-6,11H,7-10H2,(H,18,21). The fourth-order valence-corrected chi connectivity index (χ4v) is 3.93. The number of rotatable bonds is 1. The van der Waals surface area contributed by atoms with Crippen LogP contribution in [0.3, 0.4) is 0 Å². The van der Waals surface area contributed by atoms with Gasteiger partial charge < -0.3 is 9.64 Å². The molecule has 0 aliphatic carbocycles. The normalized spacial score (nSPS) is 18.6. The Balaban J connectivity index is 1.47. The molecule has 0 saturated carbocycles. The van der Waals surface area contributed by atoms with Gasteiger partial charge >= 0.3 is 12.0 Å².